The van der Waals surface area contributed by atoms with Crippen LogP contribution in [-0.4, -0.2) is 57.2 Å². The molecule has 0 radical (unpaired) electrons. The predicted octanol–water partition coefficient (Wildman–Crippen LogP) is 0.188. The summed E-state index contributed by atoms with van der Waals surface area (Å²) in [6.45, 7) is 5.48. The second kappa shape index (κ2) is 10.9. The van der Waals surface area contributed by atoms with E-state index in [-0.39, 0.29) is 0 Å². The molecule has 1 atom stereocenters. The number of rotatable bonds is 12. The van der Waals surface area contributed by atoms with Crippen molar-refractivity contribution >= 4 is 21.2 Å². The number of aliphatic carboxylic acids is 2. The van der Waals surface area contributed by atoms with E-state index in [1.807, 2.05) is 13.8 Å². The topological polar surface area (TPSA) is 105 Å². The molecule has 7 nitrogen and oxygen atoms in total. The van der Waals surface area contributed by atoms with Crippen molar-refractivity contribution in [3.05, 3.63) is 0 Å². The molecule has 8 heteroatoms. The van der Waals surface area contributed by atoms with Crippen molar-refractivity contribution in [2.24, 2.45) is 0 Å². The second-order valence-electron chi connectivity index (χ2n) is 3.93. The van der Waals surface area contributed by atoms with Gasteiger partial charge < -0.3 is 24.4 Å². The van der Waals surface area contributed by atoms with E-state index in [0.29, 0.717) is 26.2 Å². The smallest absolute Gasteiger partial charge is 0.321 e. The monoisotopic (exact) mass is 293 g/mol. The number of carboxylic acids is 2. The van der Waals surface area contributed by atoms with Crippen LogP contribution >= 0.6 is 0 Å². The lowest BCUT2D eigenvalue weighted by Crippen LogP contribution is -2.39. The molecule has 0 aliphatic carbocycles. The molecule has 0 fully saturated rings. The van der Waals surface area contributed by atoms with Crippen LogP contribution in [0.1, 0.15) is 26.7 Å². The van der Waals surface area contributed by atoms with Gasteiger partial charge in [0.15, 0.2) is 0 Å². The molecular formula is C11H23NO6Si. The number of carboxylic acid groups (broad SMARTS) is 2. The summed E-state index contributed by atoms with van der Waals surface area (Å²) >= 11 is 0. The van der Waals surface area contributed by atoms with Gasteiger partial charge in [-0.05, 0) is 32.9 Å². The molecule has 0 aliphatic rings. The van der Waals surface area contributed by atoms with Crippen LogP contribution in [0.4, 0.5) is 0 Å². The van der Waals surface area contributed by atoms with Gasteiger partial charge in [0.25, 0.3) is 0 Å². The zero-order valence-corrected chi connectivity index (χ0v) is 12.6. The van der Waals surface area contributed by atoms with Crippen molar-refractivity contribution in [1.82, 2.24) is 5.32 Å². The van der Waals surface area contributed by atoms with Crippen LogP contribution in [0.15, 0.2) is 0 Å². The van der Waals surface area contributed by atoms with E-state index in [9.17, 15) is 9.59 Å². The van der Waals surface area contributed by atoms with Crippen LogP contribution < -0.4 is 5.32 Å². The van der Waals surface area contributed by atoms with Crippen molar-refractivity contribution in [2.75, 3.05) is 19.8 Å². The minimum absolute atomic E-state index is 0.424. The summed E-state index contributed by atoms with van der Waals surface area (Å²) in [5.41, 5.74) is 0. The van der Waals surface area contributed by atoms with Crippen molar-refractivity contribution in [3.63, 3.8) is 0 Å². The first kappa shape index (κ1) is 18.0. The van der Waals surface area contributed by atoms with E-state index in [1.54, 1.807) is 0 Å². The van der Waals surface area contributed by atoms with Gasteiger partial charge in [-0.25, -0.2) is 0 Å². The molecular weight excluding hydrogens is 270 g/mol. The molecule has 19 heavy (non-hydrogen) atoms. The van der Waals surface area contributed by atoms with Crippen LogP contribution in [0.2, 0.25) is 6.04 Å². The fourth-order valence-electron chi connectivity index (χ4n) is 1.55. The molecule has 0 heterocycles. The largest absolute Gasteiger partial charge is 0.481 e. The first-order valence-electron chi connectivity index (χ1n) is 6.42. The van der Waals surface area contributed by atoms with Gasteiger partial charge >= 0.3 is 21.2 Å². The standard InChI is InChI=1S/C11H23NO6Si/c1-3-17-19(18-4-2)7-5-6-12-9(11(15)16)8-10(13)14/h9,12,19H,3-8H2,1-2H3,(H,13,14)(H,15,16)/t9-/m0/s1. The molecule has 0 aliphatic heterocycles. The zero-order chi connectivity index (χ0) is 14.7. The van der Waals surface area contributed by atoms with E-state index in [1.165, 1.54) is 0 Å². The van der Waals surface area contributed by atoms with Crippen molar-refractivity contribution in [3.8, 4) is 0 Å². The van der Waals surface area contributed by atoms with Crippen LogP contribution in [0.5, 0.6) is 0 Å². The van der Waals surface area contributed by atoms with Gasteiger partial charge in [0, 0.05) is 13.2 Å². The Morgan fingerprint density at radius 1 is 1.21 bits per heavy atom. The van der Waals surface area contributed by atoms with Crippen LogP contribution in [-0.2, 0) is 18.4 Å². The lowest BCUT2D eigenvalue weighted by atomic mass is 10.2. The highest BCUT2D eigenvalue weighted by atomic mass is 28.3. The highest BCUT2D eigenvalue weighted by Crippen LogP contribution is 2.02. The Bertz CT molecular complexity index is 270. The molecule has 0 amide bonds. The molecule has 0 aromatic carbocycles. The number of nitrogens with one attached hydrogen (secondary N) is 1. The van der Waals surface area contributed by atoms with E-state index in [2.05, 4.69) is 5.32 Å². The first-order valence-corrected chi connectivity index (χ1v) is 8.18. The lowest BCUT2D eigenvalue weighted by Gasteiger charge is -2.16. The third-order valence-corrected chi connectivity index (χ3v) is 4.68. The van der Waals surface area contributed by atoms with Gasteiger partial charge in [0.1, 0.15) is 6.04 Å². The molecule has 0 saturated heterocycles. The van der Waals surface area contributed by atoms with Gasteiger partial charge in [-0.1, -0.05) is 0 Å². The average Bonchev–Trinajstić information content (AvgIpc) is 2.32. The second-order valence-corrected chi connectivity index (χ2v) is 6.03. The minimum atomic E-state index is -1.65. The maximum Gasteiger partial charge on any atom is 0.321 e. The number of hydrogen-bond acceptors (Lipinski definition) is 5. The molecule has 0 saturated carbocycles. The summed E-state index contributed by atoms with van der Waals surface area (Å²) in [5.74, 6) is -2.28. The van der Waals surface area contributed by atoms with Gasteiger partial charge in [-0.3, -0.25) is 9.59 Å². The van der Waals surface area contributed by atoms with E-state index in [4.69, 9.17) is 19.1 Å². The van der Waals surface area contributed by atoms with E-state index >= 15 is 0 Å². The summed E-state index contributed by atoms with van der Waals surface area (Å²) in [5, 5.41) is 20.1. The molecule has 3 N–H and O–H groups in total. The molecule has 0 aromatic rings. The third kappa shape index (κ3) is 9.60. The van der Waals surface area contributed by atoms with Gasteiger partial charge in [-0.2, -0.15) is 0 Å². The molecule has 0 unspecified atom stereocenters. The summed E-state index contributed by atoms with van der Waals surface area (Å²) in [6.07, 6.45) is 0.285. The average molecular weight is 293 g/mol. The zero-order valence-electron chi connectivity index (χ0n) is 11.4. The number of hydrogen-bond donors (Lipinski definition) is 3. The molecule has 0 bridgehead atoms. The summed E-state index contributed by atoms with van der Waals surface area (Å²) in [4.78, 5) is 21.3. The maximum atomic E-state index is 10.8. The fourth-order valence-corrected chi connectivity index (χ4v) is 3.26. The Kier molecular flexibility index (Phi) is 10.4. The minimum Gasteiger partial charge on any atom is -0.481 e. The highest BCUT2D eigenvalue weighted by Gasteiger charge is 2.20. The normalized spacial score (nSPS) is 12.6. The molecule has 0 aromatic heterocycles. The Morgan fingerprint density at radius 2 is 1.79 bits per heavy atom. The third-order valence-electron chi connectivity index (χ3n) is 2.39. The predicted molar refractivity (Wildman–Crippen MR) is 71.5 cm³/mol. The Labute approximate surface area is 114 Å². The molecule has 0 spiro atoms. The fraction of sp³-hybridized carbons (Fsp3) is 0.818. The van der Waals surface area contributed by atoms with Crippen LogP contribution in [0.25, 0.3) is 0 Å². The van der Waals surface area contributed by atoms with Crippen molar-refractivity contribution in [2.45, 2.75) is 38.8 Å². The maximum absolute atomic E-state index is 10.8. The quantitative estimate of drug-likeness (QED) is 0.348. The first-order chi connectivity index (χ1) is 9.01. The Hall–Kier alpha value is -0.963. The van der Waals surface area contributed by atoms with E-state index < -0.39 is 33.7 Å². The Balaban J connectivity index is 3.91. The van der Waals surface area contributed by atoms with Crippen molar-refractivity contribution in [1.29, 1.82) is 0 Å². The lowest BCUT2D eigenvalue weighted by molar-refractivity contribution is -0.145. The highest BCUT2D eigenvalue weighted by molar-refractivity contribution is 6.44. The summed E-state index contributed by atoms with van der Waals surface area (Å²) < 4.78 is 11.0. The van der Waals surface area contributed by atoms with Gasteiger partial charge in [0.2, 0.25) is 0 Å². The van der Waals surface area contributed by atoms with Crippen LogP contribution in [0.3, 0.4) is 0 Å². The summed E-state index contributed by atoms with van der Waals surface area (Å²) in [6, 6.07) is -0.273. The van der Waals surface area contributed by atoms with Crippen molar-refractivity contribution < 1.29 is 28.7 Å². The van der Waals surface area contributed by atoms with Crippen LogP contribution in [0, 0.1) is 0 Å². The van der Waals surface area contributed by atoms with Gasteiger partial charge in [0.05, 0.1) is 6.42 Å². The molecule has 0 rings (SSSR count). The molecule has 112 valence electrons. The summed E-state index contributed by atoms with van der Waals surface area (Å²) in [7, 11) is -1.65. The SMILES string of the molecule is CCO[SiH](CCCN[C@@H](CC(=O)O)C(=O)O)OCC. The van der Waals surface area contributed by atoms with E-state index in [0.717, 1.165) is 6.04 Å². The number of carbonyl (C=O) groups is 2. The Morgan fingerprint density at radius 3 is 2.21 bits per heavy atom. The van der Waals surface area contributed by atoms with Gasteiger partial charge in [-0.15, -0.1) is 0 Å².